The topological polar surface area (TPSA) is 35.5 Å². The van der Waals surface area contributed by atoms with Crippen molar-refractivity contribution < 1.29 is 14.3 Å². The van der Waals surface area contributed by atoms with Crippen LogP contribution in [0.5, 0.6) is 5.75 Å². The number of benzene rings is 1. The minimum atomic E-state index is -0.379. The van der Waals surface area contributed by atoms with E-state index in [-0.39, 0.29) is 5.97 Å². The van der Waals surface area contributed by atoms with Gasteiger partial charge in [-0.05, 0) is 29.1 Å². The highest BCUT2D eigenvalue weighted by atomic mass is 35.5. The van der Waals surface area contributed by atoms with E-state index >= 15 is 0 Å². The zero-order chi connectivity index (χ0) is 13.0. The largest absolute Gasteiger partial charge is 0.487 e. The van der Waals surface area contributed by atoms with E-state index in [1.165, 1.54) is 18.4 Å². The Morgan fingerprint density at radius 3 is 2.67 bits per heavy atom. The van der Waals surface area contributed by atoms with Gasteiger partial charge in [0.1, 0.15) is 12.4 Å². The normalized spacial score (nSPS) is 10.1. The zero-order valence-electron chi connectivity index (χ0n) is 9.68. The van der Waals surface area contributed by atoms with Gasteiger partial charge in [0.2, 0.25) is 0 Å². The summed E-state index contributed by atoms with van der Waals surface area (Å²) < 4.78 is 10.3. The second kappa shape index (κ2) is 5.89. The minimum Gasteiger partial charge on any atom is -0.487 e. The Balaban J connectivity index is 2.04. The molecule has 0 radical (unpaired) electrons. The number of hydrogen-bond donors (Lipinski definition) is 0. The first kappa shape index (κ1) is 12.9. The van der Waals surface area contributed by atoms with Crippen LogP contribution in [0.25, 0.3) is 0 Å². The Bertz CT molecular complexity index is 533. The third-order valence-corrected chi connectivity index (χ3v) is 3.44. The van der Waals surface area contributed by atoms with E-state index in [1.807, 2.05) is 12.1 Å². The van der Waals surface area contributed by atoms with Crippen LogP contribution in [0.4, 0.5) is 0 Å². The molecule has 3 nitrogen and oxygen atoms in total. The lowest BCUT2D eigenvalue weighted by atomic mass is 10.2. The van der Waals surface area contributed by atoms with E-state index < -0.39 is 0 Å². The summed E-state index contributed by atoms with van der Waals surface area (Å²) in [5.74, 6) is 0.165. The summed E-state index contributed by atoms with van der Waals surface area (Å²) in [5, 5.41) is 2.48. The number of halogens is 1. The second-order valence-corrected chi connectivity index (χ2v) is 4.87. The number of esters is 1. The van der Waals surface area contributed by atoms with Gasteiger partial charge in [-0.3, -0.25) is 0 Å². The van der Waals surface area contributed by atoms with Crippen LogP contribution in [0.3, 0.4) is 0 Å². The molecule has 0 amide bonds. The Hall–Kier alpha value is -1.52. The number of carbonyl (C=O) groups excluding carboxylic acids is 1. The number of rotatable bonds is 4. The van der Waals surface area contributed by atoms with Crippen LogP contribution in [0.1, 0.15) is 15.2 Å². The van der Waals surface area contributed by atoms with E-state index in [9.17, 15) is 4.79 Å². The molecule has 2 aromatic rings. The van der Waals surface area contributed by atoms with Crippen LogP contribution in [-0.2, 0) is 11.3 Å². The van der Waals surface area contributed by atoms with Crippen molar-refractivity contribution in [3.05, 3.63) is 51.2 Å². The van der Waals surface area contributed by atoms with Crippen molar-refractivity contribution in [2.75, 3.05) is 7.11 Å². The number of hydrogen-bond acceptors (Lipinski definition) is 4. The molecule has 5 heteroatoms. The summed E-state index contributed by atoms with van der Waals surface area (Å²) in [7, 11) is 1.35. The summed E-state index contributed by atoms with van der Waals surface area (Å²) in [6.45, 7) is 0.387. The predicted molar refractivity (Wildman–Crippen MR) is 71.4 cm³/mol. The average molecular weight is 283 g/mol. The maximum Gasteiger partial charge on any atom is 0.351 e. The fourth-order valence-corrected chi connectivity index (χ4v) is 2.27. The first-order valence-corrected chi connectivity index (χ1v) is 6.49. The van der Waals surface area contributed by atoms with Gasteiger partial charge in [0.25, 0.3) is 0 Å². The van der Waals surface area contributed by atoms with Crippen LogP contribution >= 0.6 is 22.9 Å². The van der Waals surface area contributed by atoms with E-state index in [1.54, 1.807) is 23.6 Å². The molecule has 0 aliphatic rings. The summed E-state index contributed by atoms with van der Waals surface area (Å²) in [4.78, 5) is 11.9. The van der Waals surface area contributed by atoms with Gasteiger partial charge >= 0.3 is 5.97 Å². The van der Waals surface area contributed by atoms with Gasteiger partial charge in [0.05, 0.1) is 7.11 Å². The van der Waals surface area contributed by atoms with E-state index in [4.69, 9.17) is 16.3 Å². The second-order valence-electron chi connectivity index (χ2n) is 3.52. The van der Waals surface area contributed by atoms with E-state index in [0.717, 1.165) is 5.56 Å². The molecule has 0 bridgehead atoms. The lowest BCUT2D eigenvalue weighted by Crippen LogP contribution is -2.02. The first-order chi connectivity index (χ1) is 8.70. The molecule has 1 aromatic heterocycles. The summed E-state index contributed by atoms with van der Waals surface area (Å²) in [5.41, 5.74) is 0.987. The van der Waals surface area contributed by atoms with Crippen molar-refractivity contribution >= 4 is 28.9 Å². The van der Waals surface area contributed by atoms with Gasteiger partial charge in [-0.1, -0.05) is 23.7 Å². The molecule has 0 fully saturated rings. The number of ether oxygens (including phenoxy) is 2. The maximum absolute atomic E-state index is 11.4. The highest BCUT2D eigenvalue weighted by Gasteiger charge is 2.14. The number of carbonyl (C=O) groups is 1. The fraction of sp³-hybridized carbons (Fsp3) is 0.154. The van der Waals surface area contributed by atoms with Crippen molar-refractivity contribution in [2.45, 2.75) is 6.61 Å². The molecular formula is C13H11ClO3S. The number of thiophene rings is 1. The molecule has 94 valence electrons. The van der Waals surface area contributed by atoms with Crippen molar-refractivity contribution in [3.8, 4) is 5.75 Å². The highest BCUT2D eigenvalue weighted by molar-refractivity contribution is 7.12. The predicted octanol–water partition coefficient (Wildman–Crippen LogP) is 3.77. The van der Waals surface area contributed by atoms with Crippen molar-refractivity contribution in [1.29, 1.82) is 0 Å². The molecule has 0 aliphatic heterocycles. The standard InChI is InChI=1S/C13H11ClO3S/c1-16-13(15)12-11(6-7-18-12)17-8-9-2-4-10(14)5-3-9/h2-7H,8H2,1H3. The van der Waals surface area contributed by atoms with Crippen LogP contribution < -0.4 is 4.74 Å². The van der Waals surface area contributed by atoms with Crippen molar-refractivity contribution in [1.82, 2.24) is 0 Å². The Morgan fingerprint density at radius 1 is 1.28 bits per heavy atom. The molecule has 2 rings (SSSR count). The third-order valence-electron chi connectivity index (χ3n) is 2.31. The van der Waals surface area contributed by atoms with Gasteiger partial charge < -0.3 is 9.47 Å². The zero-order valence-corrected chi connectivity index (χ0v) is 11.3. The van der Waals surface area contributed by atoms with Gasteiger partial charge in [-0.25, -0.2) is 4.79 Å². The minimum absolute atomic E-state index is 0.379. The fourth-order valence-electron chi connectivity index (χ4n) is 1.39. The van der Waals surface area contributed by atoms with Crippen LogP contribution in [0.2, 0.25) is 5.02 Å². The molecule has 0 unspecified atom stereocenters. The number of methoxy groups -OCH3 is 1. The third kappa shape index (κ3) is 3.03. The maximum atomic E-state index is 11.4. The molecule has 0 saturated heterocycles. The summed E-state index contributed by atoms with van der Waals surface area (Å²) >= 11 is 7.10. The highest BCUT2D eigenvalue weighted by Crippen LogP contribution is 2.26. The van der Waals surface area contributed by atoms with Gasteiger partial charge in [-0.15, -0.1) is 11.3 Å². The quantitative estimate of drug-likeness (QED) is 0.801. The van der Waals surface area contributed by atoms with Crippen LogP contribution in [0, 0.1) is 0 Å². The lowest BCUT2D eigenvalue weighted by Gasteiger charge is -2.06. The summed E-state index contributed by atoms with van der Waals surface area (Å²) in [6.07, 6.45) is 0. The van der Waals surface area contributed by atoms with Crippen molar-refractivity contribution in [2.24, 2.45) is 0 Å². The van der Waals surface area contributed by atoms with Gasteiger partial charge in [0.15, 0.2) is 4.88 Å². The molecular weight excluding hydrogens is 272 g/mol. The molecule has 18 heavy (non-hydrogen) atoms. The molecule has 1 aromatic carbocycles. The van der Waals surface area contributed by atoms with E-state index in [2.05, 4.69) is 4.74 Å². The molecule has 0 spiro atoms. The van der Waals surface area contributed by atoms with Gasteiger partial charge in [-0.2, -0.15) is 0 Å². The Morgan fingerprint density at radius 2 is 2.00 bits per heavy atom. The first-order valence-electron chi connectivity index (χ1n) is 5.24. The monoisotopic (exact) mass is 282 g/mol. The molecule has 0 saturated carbocycles. The molecule has 0 N–H and O–H groups in total. The average Bonchev–Trinajstić information content (AvgIpc) is 2.85. The molecule has 0 aliphatic carbocycles. The molecule has 0 atom stereocenters. The lowest BCUT2D eigenvalue weighted by molar-refractivity contribution is 0.0601. The van der Waals surface area contributed by atoms with Crippen molar-refractivity contribution in [3.63, 3.8) is 0 Å². The van der Waals surface area contributed by atoms with Gasteiger partial charge in [0, 0.05) is 5.02 Å². The Labute approximate surface area is 114 Å². The Kier molecular flexibility index (Phi) is 4.23. The smallest absolute Gasteiger partial charge is 0.351 e. The summed E-state index contributed by atoms with van der Waals surface area (Å²) in [6, 6.07) is 9.12. The SMILES string of the molecule is COC(=O)c1sccc1OCc1ccc(Cl)cc1. The van der Waals surface area contributed by atoms with E-state index in [0.29, 0.717) is 22.3 Å². The van der Waals surface area contributed by atoms with Crippen LogP contribution in [-0.4, -0.2) is 13.1 Å². The molecule has 1 heterocycles. The van der Waals surface area contributed by atoms with Crippen LogP contribution in [0.15, 0.2) is 35.7 Å².